The molecule has 1 aliphatic heterocycles. The van der Waals surface area contributed by atoms with Crippen LogP contribution in [0.5, 0.6) is 5.75 Å². The minimum atomic E-state index is -4.12. The van der Waals surface area contributed by atoms with E-state index in [1.165, 1.54) is 16.8 Å². The Morgan fingerprint density at radius 2 is 1.67 bits per heavy atom. The van der Waals surface area contributed by atoms with Crippen molar-refractivity contribution < 1.29 is 45.9 Å². The zero-order valence-electron chi connectivity index (χ0n) is 30.7. The van der Waals surface area contributed by atoms with E-state index in [0.29, 0.717) is 30.6 Å². The zero-order chi connectivity index (χ0) is 38.9. The standard InChI is InChI=1S/C36H48F2N8O8S/c1-53-24-13-11-22(12-14-24)31-41-44-46(42-31)23-18-29(32(47)40-36(19-27(36)30(37)38)34(49)43-55(51,52)26-15-16-26)45(20-23)33(48)28(17-21-7-3-2-4-8-21)39-35(50)54-25-9-5-6-10-25/h11-14,21,23,25-30H,2-10,15-20H2,1H3,(H,39,50)(H,40,47)(H,43,49)/t23-,27+,28+,29?,36-/m1/s1. The molecule has 4 amide bonds. The number of carbonyl (C=O) groups is 4. The van der Waals surface area contributed by atoms with Gasteiger partial charge in [0.25, 0.3) is 5.91 Å². The Hall–Kier alpha value is -4.42. The Morgan fingerprint density at radius 3 is 2.31 bits per heavy atom. The molecule has 5 aliphatic rings. The van der Waals surface area contributed by atoms with Crippen LogP contribution in [0.1, 0.15) is 95.9 Å². The second-order valence-corrected chi connectivity index (χ2v) is 17.5. The average molecular weight is 791 g/mol. The topological polar surface area (TPSA) is 204 Å². The van der Waals surface area contributed by atoms with E-state index in [1.807, 2.05) is 4.72 Å². The minimum Gasteiger partial charge on any atom is -0.497 e. The van der Waals surface area contributed by atoms with Crippen molar-refractivity contribution in [1.29, 1.82) is 0 Å². The Morgan fingerprint density at radius 1 is 0.982 bits per heavy atom. The molecule has 2 heterocycles. The summed E-state index contributed by atoms with van der Waals surface area (Å²) in [6.07, 6.45) is 4.46. The highest BCUT2D eigenvalue weighted by atomic mass is 32.2. The maximum absolute atomic E-state index is 14.6. The second-order valence-electron chi connectivity index (χ2n) is 15.6. The summed E-state index contributed by atoms with van der Waals surface area (Å²) in [5.41, 5.74) is -1.57. The van der Waals surface area contributed by atoms with E-state index in [0.717, 1.165) is 57.8 Å². The molecule has 19 heteroatoms. The summed E-state index contributed by atoms with van der Waals surface area (Å²) in [7, 11) is -2.58. The van der Waals surface area contributed by atoms with E-state index >= 15 is 0 Å². The lowest BCUT2D eigenvalue weighted by Gasteiger charge is -2.32. The average Bonchev–Trinajstić information content (AvgIpc) is 3.95. The van der Waals surface area contributed by atoms with Crippen molar-refractivity contribution in [1.82, 2.24) is 40.5 Å². The molecule has 3 N–H and O–H groups in total. The number of halogens is 2. The first-order valence-electron chi connectivity index (χ1n) is 19.2. The molecule has 1 aromatic carbocycles. The van der Waals surface area contributed by atoms with Crippen LogP contribution in [0.3, 0.4) is 0 Å². The normalized spacial score (nSPS) is 26.4. The van der Waals surface area contributed by atoms with Gasteiger partial charge >= 0.3 is 6.09 Å². The Kier molecular flexibility index (Phi) is 11.3. The number of amides is 4. The van der Waals surface area contributed by atoms with Crippen molar-refractivity contribution in [2.24, 2.45) is 11.8 Å². The van der Waals surface area contributed by atoms with Gasteiger partial charge in [-0.05, 0) is 86.8 Å². The van der Waals surface area contributed by atoms with Gasteiger partial charge in [-0.3, -0.25) is 19.1 Å². The van der Waals surface area contributed by atoms with Gasteiger partial charge in [0.2, 0.25) is 34.1 Å². The molecule has 0 bridgehead atoms. The number of sulfonamides is 1. The molecular formula is C36H48F2N8O8S. The lowest BCUT2D eigenvalue weighted by atomic mass is 9.84. The van der Waals surface area contributed by atoms with Crippen LogP contribution in [0, 0.1) is 11.8 Å². The minimum absolute atomic E-state index is 0.0872. The number of hydrogen-bond acceptors (Lipinski definition) is 11. The summed E-state index contributed by atoms with van der Waals surface area (Å²) in [4.78, 5) is 58.1. The van der Waals surface area contributed by atoms with Crippen LogP contribution in [-0.4, -0.2) is 106 Å². The lowest BCUT2D eigenvalue weighted by molar-refractivity contribution is -0.141. The van der Waals surface area contributed by atoms with Crippen LogP contribution >= 0.6 is 0 Å². The van der Waals surface area contributed by atoms with Crippen molar-refractivity contribution in [3.8, 4) is 17.1 Å². The first kappa shape index (κ1) is 38.8. The summed E-state index contributed by atoms with van der Waals surface area (Å²) in [6.45, 7) is -0.108. The third-order valence-electron chi connectivity index (χ3n) is 11.7. The maximum Gasteiger partial charge on any atom is 0.408 e. The zero-order valence-corrected chi connectivity index (χ0v) is 31.5. The SMILES string of the molecule is COc1ccc(-c2nnn([C@@H]3CC(C(=O)N[C@]4(C(=O)NS(=O)(=O)C5CC5)C[C@H]4C(F)F)N(C(=O)[C@H](CC4CCCCC4)NC(=O)OC4CCCC4)C3)n2)cc1. The van der Waals surface area contributed by atoms with Crippen LogP contribution in [0.4, 0.5) is 13.6 Å². The van der Waals surface area contributed by atoms with Gasteiger partial charge in [-0.2, -0.15) is 4.80 Å². The maximum atomic E-state index is 14.6. The van der Waals surface area contributed by atoms with Crippen LogP contribution in [0.25, 0.3) is 11.4 Å². The van der Waals surface area contributed by atoms with Gasteiger partial charge in [-0.25, -0.2) is 22.0 Å². The van der Waals surface area contributed by atoms with Crippen molar-refractivity contribution >= 4 is 33.8 Å². The molecule has 5 fully saturated rings. The number of carbonyl (C=O) groups excluding carboxylic acids is 4. The highest BCUT2D eigenvalue weighted by Crippen LogP contribution is 2.48. The molecule has 4 aliphatic carbocycles. The molecule has 1 saturated heterocycles. The monoisotopic (exact) mass is 790 g/mol. The quantitative estimate of drug-likeness (QED) is 0.254. The van der Waals surface area contributed by atoms with Crippen LogP contribution < -0.4 is 20.1 Å². The van der Waals surface area contributed by atoms with Crippen molar-refractivity contribution in [3.63, 3.8) is 0 Å². The number of nitrogens with one attached hydrogen (secondary N) is 3. The first-order chi connectivity index (χ1) is 26.4. The number of nitrogens with zero attached hydrogens (tertiary/aromatic N) is 5. The smallest absolute Gasteiger partial charge is 0.408 e. The number of hydrogen-bond donors (Lipinski definition) is 3. The van der Waals surface area contributed by atoms with Crippen LogP contribution in [0.2, 0.25) is 0 Å². The molecular weight excluding hydrogens is 743 g/mol. The Labute approximate surface area is 317 Å². The van der Waals surface area contributed by atoms with Crippen LogP contribution in [-0.2, 0) is 29.1 Å². The van der Waals surface area contributed by atoms with E-state index in [2.05, 4.69) is 26.0 Å². The third kappa shape index (κ3) is 8.70. The largest absolute Gasteiger partial charge is 0.497 e. The van der Waals surface area contributed by atoms with Gasteiger partial charge in [0.1, 0.15) is 29.5 Å². The van der Waals surface area contributed by atoms with E-state index < -0.39 is 81.5 Å². The van der Waals surface area contributed by atoms with Gasteiger partial charge in [0, 0.05) is 18.5 Å². The molecule has 0 spiro atoms. The summed E-state index contributed by atoms with van der Waals surface area (Å²) in [5, 5.41) is 17.4. The summed E-state index contributed by atoms with van der Waals surface area (Å²) < 4.78 is 66.4. The van der Waals surface area contributed by atoms with Gasteiger partial charge in [0.05, 0.1) is 24.3 Å². The molecule has 1 aromatic heterocycles. The van der Waals surface area contributed by atoms with Crippen LogP contribution in [0.15, 0.2) is 24.3 Å². The molecule has 2 aromatic rings. The first-order valence-corrected chi connectivity index (χ1v) is 20.8. The fourth-order valence-electron chi connectivity index (χ4n) is 8.26. The Balaban J connectivity index is 1.16. The number of tetrazole rings is 1. The predicted octanol–water partition coefficient (Wildman–Crippen LogP) is 3.25. The van der Waals surface area contributed by atoms with Crippen molar-refractivity contribution in [3.05, 3.63) is 24.3 Å². The molecule has 16 nitrogen and oxygen atoms in total. The molecule has 300 valence electrons. The lowest BCUT2D eigenvalue weighted by Crippen LogP contribution is -2.59. The van der Waals surface area contributed by atoms with Gasteiger partial charge in [0.15, 0.2) is 0 Å². The molecule has 5 atom stereocenters. The molecule has 0 radical (unpaired) electrons. The van der Waals surface area contributed by atoms with Crippen molar-refractivity contribution in [2.45, 2.75) is 131 Å². The molecule has 55 heavy (non-hydrogen) atoms. The number of benzene rings is 1. The van der Waals surface area contributed by atoms with E-state index in [1.54, 1.807) is 24.3 Å². The number of methoxy groups -OCH3 is 1. The number of aromatic nitrogens is 4. The number of rotatable bonds is 14. The number of ether oxygens (including phenoxy) is 2. The highest BCUT2D eigenvalue weighted by molar-refractivity contribution is 7.91. The summed E-state index contributed by atoms with van der Waals surface area (Å²) in [5.74, 6) is -3.35. The van der Waals surface area contributed by atoms with E-state index in [9.17, 15) is 36.4 Å². The summed E-state index contributed by atoms with van der Waals surface area (Å²) in [6, 6.07) is 3.85. The molecule has 4 saturated carbocycles. The number of alkyl halides is 2. The van der Waals surface area contributed by atoms with E-state index in [4.69, 9.17) is 9.47 Å². The fraction of sp³-hybridized carbons (Fsp3) is 0.694. The second kappa shape index (κ2) is 16.0. The number of alkyl carbamates (subject to hydrolysis) is 1. The third-order valence-corrected chi connectivity index (χ3v) is 13.5. The number of likely N-dealkylation sites (tertiary alicyclic amines) is 1. The van der Waals surface area contributed by atoms with E-state index in [-0.39, 0.29) is 30.8 Å². The fourth-order valence-corrected chi connectivity index (χ4v) is 9.62. The predicted molar refractivity (Wildman–Crippen MR) is 191 cm³/mol. The Bertz CT molecular complexity index is 1850. The summed E-state index contributed by atoms with van der Waals surface area (Å²) >= 11 is 0. The highest BCUT2D eigenvalue weighted by Gasteiger charge is 2.66. The van der Waals surface area contributed by atoms with Crippen molar-refractivity contribution in [2.75, 3.05) is 13.7 Å². The van der Waals surface area contributed by atoms with Gasteiger partial charge < -0.3 is 25.0 Å². The molecule has 7 rings (SSSR count). The van der Waals surface area contributed by atoms with Gasteiger partial charge in [-0.15, -0.1) is 10.2 Å². The van der Waals surface area contributed by atoms with Gasteiger partial charge in [-0.1, -0.05) is 32.1 Å². The molecule has 1 unspecified atom stereocenters.